The molecule has 2 aliphatic heterocycles. The van der Waals surface area contributed by atoms with Crippen molar-refractivity contribution in [2.24, 2.45) is 0 Å². The van der Waals surface area contributed by atoms with Crippen LogP contribution in [0.15, 0.2) is 42.6 Å². The molecule has 2 atom stereocenters. The molecule has 0 radical (unpaired) electrons. The van der Waals surface area contributed by atoms with Crippen molar-refractivity contribution >= 4 is 28.6 Å². The molecule has 36 heavy (non-hydrogen) atoms. The van der Waals surface area contributed by atoms with Crippen molar-refractivity contribution in [1.29, 1.82) is 0 Å². The summed E-state index contributed by atoms with van der Waals surface area (Å²) in [4.78, 5) is 27.1. The summed E-state index contributed by atoms with van der Waals surface area (Å²) in [7, 11) is 0. The number of amides is 1. The number of fused-ring (bicyclic) bond motifs is 2. The predicted octanol–water partition coefficient (Wildman–Crippen LogP) is 4.12. The van der Waals surface area contributed by atoms with E-state index >= 15 is 0 Å². The molecule has 0 saturated carbocycles. The fraction of sp³-hybridized carbons (Fsp3) is 0.370. The number of hydrogen-bond donors (Lipinski definition) is 2. The number of nitrogens with zero attached hydrogens (tertiary/aromatic N) is 6. The summed E-state index contributed by atoms with van der Waals surface area (Å²) in [5.41, 5.74) is 7.92. The van der Waals surface area contributed by atoms with Gasteiger partial charge in [-0.2, -0.15) is 0 Å². The van der Waals surface area contributed by atoms with E-state index in [0.717, 1.165) is 49.4 Å². The van der Waals surface area contributed by atoms with Gasteiger partial charge in [0.05, 0.1) is 11.2 Å². The molecule has 4 heterocycles. The standard InChI is InChI=1S/C27H30N8O/c1-16-8-17(2)10-21(9-16)29-27-28-13-20-14-34(15-25(20)30-27)22-6-7-35(18(3)11-22)26(36)19-4-5-23-24(12-19)32-33-31-23/h4-5,8-10,12-13,18,22H,6-7,11,14-15H2,1-3H3,(H,28,29,30)(H,31,32,33)/t18-,22+/m1/s1. The maximum Gasteiger partial charge on any atom is 0.254 e. The summed E-state index contributed by atoms with van der Waals surface area (Å²) in [6.45, 7) is 8.73. The number of carbonyl (C=O) groups excluding carboxylic acids is 1. The van der Waals surface area contributed by atoms with E-state index in [9.17, 15) is 4.79 Å². The summed E-state index contributed by atoms with van der Waals surface area (Å²) in [6.07, 6.45) is 3.83. The monoisotopic (exact) mass is 482 g/mol. The molecule has 0 aliphatic carbocycles. The predicted molar refractivity (Wildman–Crippen MR) is 138 cm³/mol. The van der Waals surface area contributed by atoms with Crippen molar-refractivity contribution in [2.75, 3.05) is 11.9 Å². The Balaban J connectivity index is 1.10. The van der Waals surface area contributed by atoms with E-state index in [1.165, 1.54) is 16.7 Å². The fourth-order valence-electron chi connectivity index (χ4n) is 5.59. The molecule has 184 valence electrons. The Morgan fingerprint density at radius 3 is 2.75 bits per heavy atom. The first-order valence-electron chi connectivity index (χ1n) is 12.5. The van der Waals surface area contributed by atoms with Gasteiger partial charge < -0.3 is 10.2 Å². The van der Waals surface area contributed by atoms with Crippen LogP contribution in [0.1, 0.15) is 52.5 Å². The third kappa shape index (κ3) is 4.30. The summed E-state index contributed by atoms with van der Waals surface area (Å²) in [6, 6.07) is 12.5. The second-order valence-corrected chi connectivity index (χ2v) is 10.1. The van der Waals surface area contributed by atoms with Crippen LogP contribution in [0.25, 0.3) is 11.0 Å². The van der Waals surface area contributed by atoms with E-state index in [-0.39, 0.29) is 11.9 Å². The molecule has 9 heteroatoms. The number of carbonyl (C=O) groups is 1. The van der Waals surface area contributed by atoms with Crippen LogP contribution in [0.5, 0.6) is 0 Å². The van der Waals surface area contributed by atoms with Gasteiger partial charge in [-0.05, 0) is 75.1 Å². The molecule has 2 aliphatic rings. The Bertz CT molecular complexity index is 1430. The first kappa shape index (κ1) is 22.6. The van der Waals surface area contributed by atoms with Gasteiger partial charge in [-0.25, -0.2) is 9.97 Å². The molecular formula is C27H30N8O. The molecule has 1 fully saturated rings. The fourth-order valence-corrected chi connectivity index (χ4v) is 5.59. The van der Waals surface area contributed by atoms with Crippen molar-refractivity contribution in [3.63, 3.8) is 0 Å². The first-order valence-corrected chi connectivity index (χ1v) is 12.5. The lowest BCUT2D eigenvalue weighted by Gasteiger charge is -2.41. The second-order valence-electron chi connectivity index (χ2n) is 10.1. The lowest BCUT2D eigenvalue weighted by atomic mass is 9.96. The van der Waals surface area contributed by atoms with Crippen LogP contribution in [0.4, 0.5) is 11.6 Å². The SMILES string of the molecule is Cc1cc(C)cc(Nc2ncc3c(n2)CN([C@H]2CCN(C(=O)c4ccc5[nH]nnc5c4)[C@H](C)C2)C3)c1. The van der Waals surface area contributed by atoms with E-state index in [2.05, 4.69) is 69.6 Å². The molecule has 2 aromatic heterocycles. The molecule has 1 amide bonds. The molecule has 4 aromatic rings. The van der Waals surface area contributed by atoms with E-state index in [0.29, 0.717) is 23.1 Å². The molecule has 0 spiro atoms. The zero-order valence-electron chi connectivity index (χ0n) is 20.8. The molecule has 6 rings (SSSR count). The molecular weight excluding hydrogens is 452 g/mol. The minimum absolute atomic E-state index is 0.0588. The van der Waals surface area contributed by atoms with E-state index in [1.807, 2.05) is 29.3 Å². The molecule has 2 aromatic carbocycles. The van der Waals surface area contributed by atoms with E-state index < -0.39 is 0 Å². The van der Waals surface area contributed by atoms with Gasteiger partial charge in [0.15, 0.2) is 0 Å². The van der Waals surface area contributed by atoms with Crippen molar-refractivity contribution in [2.45, 2.75) is 58.8 Å². The average molecular weight is 483 g/mol. The minimum Gasteiger partial charge on any atom is -0.336 e. The van der Waals surface area contributed by atoms with Crippen molar-refractivity contribution in [1.82, 2.24) is 35.2 Å². The molecule has 0 bridgehead atoms. The molecule has 2 N–H and O–H groups in total. The number of H-pyrrole nitrogens is 1. The van der Waals surface area contributed by atoms with Crippen LogP contribution in [-0.2, 0) is 13.1 Å². The van der Waals surface area contributed by atoms with Gasteiger partial charge in [-0.1, -0.05) is 11.3 Å². The highest BCUT2D eigenvalue weighted by atomic mass is 16.2. The highest BCUT2D eigenvalue weighted by molar-refractivity contribution is 5.97. The van der Waals surface area contributed by atoms with E-state index in [4.69, 9.17) is 4.98 Å². The molecule has 9 nitrogen and oxygen atoms in total. The maximum atomic E-state index is 13.2. The number of likely N-dealkylation sites (tertiary alicyclic amines) is 1. The minimum atomic E-state index is 0.0588. The number of aromatic amines is 1. The van der Waals surface area contributed by atoms with Crippen LogP contribution in [0, 0.1) is 13.8 Å². The number of rotatable bonds is 4. The maximum absolute atomic E-state index is 13.2. The zero-order chi connectivity index (χ0) is 24.8. The number of piperidine rings is 1. The number of hydrogen-bond acceptors (Lipinski definition) is 7. The summed E-state index contributed by atoms with van der Waals surface area (Å²) >= 11 is 0. The number of nitrogens with one attached hydrogen (secondary N) is 2. The van der Waals surface area contributed by atoms with E-state index in [1.54, 1.807) is 0 Å². The largest absolute Gasteiger partial charge is 0.336 e. The molecule has 1 saturated heterocycles. The first-order chi connectivity index (χ1) is 17.4. The van der Waals surface area contributed by atoms with Crippen LogP contribution >= 0.6 is 0 Å². The van der Waals surface area contributed by atoms with Gasteiger partial charge in [0.2, 0.25) is 5.95 Å². The Hall–Kier alpha value is -3.85. The third-order valence-corrected chi connectivity index (χ3v) is 7.36. The molecule has 0 unspecified atom stereocenters. The second kappa shape index (κ2) is 8.98. The lowest BCUT2D eigenvalue weighted by molar-refractivity contribution is 0.0460. The van der Waals surface area contributed by atoms with Gasteiger partial charge in [0.25, 0.3) is 5.91 Å². The van der Waals surface area contributed by atoms with Gasteiger partial charge in [0.1, 0.15) is 5.52 Å². The summed E-state index contributed by atoms with van der Waals surface area (Å²) in [5, 5.41) is 14.1. The van der Waals surface area contributed by atoms with Crippen LogP contribution in [-0.4, -0.2) is 59.7 Å². The number of aryl methyl sites for hydroxylation is 2. The summed E-state index contributed by atoms with van der Waals surface area (Å²) in [5.74, 6) is 0.696. The lowest BCUT2D eigenvalue weighted by Crippen LogP contribution is -2.50. The highest BCUT2D eigenvalue weighted by Crippen LogP contribution is 2.31. The van der Waals surface area contributed by atoms with Crippen molar-refractivity contribution in [3.8, 4) is 0 Å². The van der Waals surface area contributed by atoms with Crippen LogP contribution in [0.2, 0.25) is 0 Å². The topological polar surface area (TPSA) is 103 Å². The summed E-state index contributed by atoms with van der Waals surface area (Å²) < 4.78 is 0. The Morgan fingerprint density at radius 1 is 1.11 bits per heavy atom. The number of benzene rings is 2. The quantitative estimate of drug-likeness (QED) is 0.451. The number of anilines is 2. The van der Waals surface area contributed by atoms with Gasteiger partial charge >= 0.3 is 0 Å². The van der Waals surface area contributed by atoms with Crippen molar-refractivity contribution < 1.29 is 4.79 Å². The van der Waals surface area contributed by atoms with Gasteiger partial charge in [0, 0.05) is 54.7 Å². The van der Waals surface area contributed by atoms with Crippen molar-refractivity contribution in [3.05, 3.63) is 70.5 Å². The highest BCUT2D eigenvalue weighted by Gasteiger charge is 2.35. The Kier molecular flexibility index (Phi) is 5.64. The smallest absolute Gasteiger partial charge is 0.254 e. The third-order valence-electron chi connectivity index (χ3n) is 7.36. The average Bonchev–Trinajstić information content (AvgIpc) is 3.49. The van der Waals surface area contributed by atoms with Gasteiger partial charge in [-0.3, -0.25) is 14.8 Å². The van der Waals surface area contributed by atoms with Crippen LogP contribution < -0.4 is 5.32 Å². The normalized spacial score (nSPS) is 20.0. The number of aromatic nitrogens is 5. The zero-order valence-corrected chi connectivity index (χ0v) is 20.8. The van der Waals surface area contributed by atoms with Crippen LogP contribution in [0.3, 0.4) is 0 Å². The van der Waals surface area contributed by atoms with Gasteiger partial charge in [-0.15, -0.1) is 5.10 Å². The Morgan fingerprint density at radius 2 is 1.94 bits per heavy atom. The Labute approximate surface area is 209 Å².